The van der Waals surface area contributed by atoms with Crippen LogP contribution in [0.3, 0.4) is 0 Å². The molecule has 0 spiro atoms. The van der Waals surface area contributed by atoms with E-state index < -0.39 is 15.9 Å². The molecular weight excluding hydrogens is 370 g/mol. The van der Waals surface area contributed by atoms with Crippen LogP contribution in [0.15, 0.2) is 23.1 Å². The monoisotopic (exact) mass is 393 g/mol. The number of ether oxygens (including phenoxy) is 1. The van der Waals surface area contributed by atoms with Gasteiger partial charge in [0.05, 0.1) is 18.2 Å². The summed E-state index contributed by atoms with van der Waals surface area (Å²) in [7, 11) is -3.97. The van der Waals surface area contributed by atoms with Gasteiger partial charge in [-0.2, -0.15) is 0 Å². The van der Waals surface area contributed by atoms with E-state index in [1.807, 2.05) is 0 Å². The molecule has 2 fully saturated rings. The van der Waals surface area contributed by atoms with Crippen LogP contribution in [0.4, 0.5) is 0 Å². The maximum absolute atomic E-state index is 12.9. The van der Waals surface area contributed by atoms with Crippen molar-refractivity contribution in [3.63, 3.8) is 0 Å². The molecule has 3 aliphatic heterocycles. The van der Waals surface area contributed by atoms with Crippen LogP contribution in [-0.4, -0.2) is 67.8 Å². The van der Waals surface area contributed by atoms with Gasteiger partial charge in [-0.05, 0) is 43.9 Å². The zero-order valence-electron chi connectivity index (χ0n) is 15.0. The predicted molar refractivity (Wildman–Crippen MR) is 96.8 cm³/mol. The van der Waals surface area contributed by atoms with Gasteiger partial charge < -0.3 is 15.4 Å². The first-order valence-electron chi connectivity index (χ1n) is 9.25. The Kier molecular flexibility index (Phi) is 4.69. The lowest BCUT2D eigenvalue weighted by molar-refractivity contribution is 0.0701. The van der Waals surface area contributed by atoms with Crippen LogP contribution >= 0.6 is 0 Å². The van der Waals surface area contributed by atoms with Gasteiger partial charge in [0, 0.05) is 31.3 Å². The lowest BCUT2D eigenvalue weighted by Gasteiger charge is -2.30. The molecule has 0 bridgehead atoms. The van der Waals surface area contributed by atoms with Crippen LogP contribution in [0.25, 0.3) is 0 Å². The number of benzene rings is 1. The minimum atomic E-state index is -3.97. The third-order valence-electron chi connectivity index (χ3n) is 5.39. The molecule has 0 aliphatic carbocycles. The molecule has 8 nitrogen and oxygen atoms in total. The molecule has 0 radical (unpaired) electrons. The van der Waals surface area contributed by atoms with Crippen LogP contribution in [0.1, 0.15) is 46.4 Å². The van der Waals surface area contributed by atoms with E-state index in [9.17, 15) is 18.0 Å². The molecule has 3 heterocycles. The summed E-state index contributed by atoms with van der Waals surface area (Å²) in [4.78, 5) is 26.9. The average molecular weight is 393 g/mol. The fourth-order valence-electron chi connectivity index (χ4n) is 3.94. The molecule has 2 atom stereocenters. The van der Waals surface area contributed by atoms with Crippen molar-refractivity contribution in [2.24, 2.45) is 5.73 Å². The van der Waals surface area contributed by atoms with Crippen molar-refractivity contribution in [2.75, 3.05) is 26.2 Å². The molecule has 2 saturated heterocycles. The van der Waals surface area contributed by atoms with E-state index in [-0.39, 0.29) is 40.6 Å². The first-order chi connectivity index (χ1) is 12.9. The average Bonchev–Trinajstić information content (AvgIpc) is 3.23. The molecule has 4 rings (SSSR count). The summed E-state index contributed by atoms with van der Waals surface area (Å²) in [5.41, 5.74) is 6.31. The number of carbonyl (C=O) groups is 2. The van der Waals surface area contributed by atoms with Gasteiger partial charge in [-0.25, -0.2) is 12.7 Å². The van der Waals surface area contributed by atoms with E-state index in [0.717, 1.165) is 30.0 Å². The number of sulfonamides is 1. The van der Waals surface area contributed by atoms with Crippen LogP contribution in [0, 0.1) is 0 Å². The normalized spacial score (nSPS) is 27.1. The summed E-state index contributed by atoms with van der Waals surface area (Å²) in [5, 5.41) is 0. The highest BCUT2D eigenvalue weighted by Crippen LogP contribution is 2.32. The van der Waals surface area contributed by atoms with Gasteiger partial charge >= 0.3 is 0 Å². The Morgan fingerprint density at radius 1 is 1.26 bits per heavy atom. The molecule has 2 amide bonds. The summed E-state index contributed by atoms with van der Waals surface area (Å²) in [6.45, 7) is 1.64. The van der Waals surface area contributed by atoms with E-state index in [0.29, 0.717) is 19.7 Å². The molecule has 9 heteroatoms. The van der Waals surface area contributed by atoms with E-state index in [1.165, 1.54) is 18.2 Å². The van der Waals surface area contributed by atoms with E-state index in [1.54, 1.807) is 4.90 Å². The Bertz CT molecular complexity index is 879. The molecule has 146 valence electrons. The van der Waals surface area contributed by atoms with Gasteiger partial charge in [-0.3, -0.25) is 9.59 Å². The summed E-state index contributed by atoms with van der Waals surface area (Å²) in [6, 6.07) is 4.21. The summed E-state index contributed by atoms with van der Waals surface area (Å²) in [5.74, 6) is -0.812. The van der Waals surface area contributed by atoms with E-state index in [2.05, 4.69) is 0 Å². The van der Waals surface area contributed by atoms with Gasteiger partial charge in [-0.1, -0.05) is 0 Å². The Morgan fingerprint density at radius 2 is 2.07 bits per heavy atom. The van der Waals surface area contributed by atoms with Crippen LogP contribution in [0.5, 0.6) is 0 Å². The summed E-state index contributed by atoms with van der Waals surface area (Å²) < 4.78 is 32.1. The number of fused-ring (bicyclic) bond motifs is 1. The Hall–Kier alpha value is -1.97. The molecule has 1 aromatic carbocycles. The lowest BCUT2D eigenvalue weighted by Crippen LogP contribution is -2.45. The quantitative estimate of drug-likeness (QED) is 0.804. The molecule has 0 aromatic heterocycles. The zero-order valence-corrected chi connectivity index (χ0v) is 15.8. The maximum atomic E-state index is 12.9. The van der Waals surface area contributed by atoms with Crippen LogP contribution in [-0.2, 0) is 14.8 Å². The van der Waals surface area contributed by atoms with Gasteiger partial charge in [0.2, 0.25) is 0 Å². The van der Waals surface area contributed by atoms with Crippen molar-refractivity contribution < 1.29 is 22.7 Å². The molecule has 2 N–H and O–H groups in total. The topological polar surface area (TPSA) is 110 Å². The summed E-state index contributed by atoms with van der Waals surface area (Å²) in [6.07, 6.45) is 3.01. The van der Waals surface area contributed by atoms with Crippen LogP contribution < -0.4 is 5.73 Å². The van der Waals surface area contributed by atoms with Crippen LogP contribution in [0.2, 0.25) is 0 Å². The lowest BCUT2D eigenvalue weighted by atomic mass is 10.0. The number of amides is 2. The predicted octanol–water partition coefficient (Wildman–Crippen LogP) is 0.573. The van der Waals surface area contributed by atoms with Crippen molar-refractivity contribution in [1.29, 1.82) is 0 Å². The molecule has 1 aromatic rings. The first-order valence-corrected chi connectivity index (χ1v) is 10.7. The standard InChI is InChI=1S/C18H23N3O5S/c19-13-3-1-7-20(10-13)17(22)12-5-6-15-16(9-12)27(24,25)21(18(15)23)11-14-4-2-8-26-14/h5-6,9,13-14H,1-4,7-8,10-11,19H2. The van der Waals surface area contributed by atoms with Gasteiger partial charge in [0.15, 0.2) is 0 Å². The minimum Gasteiger partial charge on any atom is -0.376 e. The highest BCUT2D eigenvalue weighted by atomic mass is 32.2. The molecule has 3 aliphatic rings. The number of nitrogens with two attached hydrogens (primary N) is 1. The highest BCUT2D eigenvalue weighted by Gasteiger charge is 2.43. The zero-order chi connectivity index (χ0) is 19.2. The second-order valence-electron chi connectivity index (χ2n) is 7.34. The second kappa shape index (κ2) is 6.88. The van der Waals surface area contributed by atoms with E-state index >= 15 is 0 Å². The van der Waals surface area contributed by atoms with E-state index in [4.69, 9.17) is 10.5 Å². The van der Waals surface area contributed by atoms with Crippen molar-refractivity contribution in [2.45, 2.75) is 42.7 Å². The number of nitrogens with zero attached hydrogens (tertiary/aromatic N) is 2. The maximum Gasteiger partial charge on any atom is 0.269 e. The van der Waals surface area contributed by atoms with Crippen molar-refractivity contribution in [3.05, 3.63) is 29.3 Å². The van der Waals surface area contributed by atoms with Crippen molar-refractivity contribution >= 4 is 21.8 Å². The smallest absolute Gasteiger partial charge is 0.269 e. The van der Waals surface area contributed by atoms with Gasteiger partial charge in [0.25, 0.3) is 21.8 Å². The number of rotatable bonds is 3. The third-order valence-corrected chi connectivity index (χ3v) is 7.18. The molecule has 27 heavy (non-hydrogen) atoms. The highest BCUT2D eigenvalue weighted by molar-refractivity contribution is 7.90. The number of piperidine rings is 1. The Labute approximate surface area is 158 Å². The number of hydrogen-bond acceptors (Lipinski definition) is 6. The molecule has 2 unspecified atom stereocenters. The summed E-state index contributed by atoms with van der Waals surface area (Å²) >= 11 is 0. The SMILES string of the molecule is NC1CCCN(C(=O)c2ccc3c(c2)S(=O)(=O)N(CC2CCCO2)C3=O)C1. The van der Waals surface area contributed by atoms with Crippen molar-refractivity contribution in [3.8, 4) is 0 Å². The Balaban J connectivity index is 1.61. The molecular formula is C18H23N3O5S. The largest absolute Gasteiger partial charge is 0.376 e. The number of likely N-dealkylation sites (tertiary alicyclic amines) is 1. The minimum absolute atomic E-state index is 0.0140. The number of hydrogen-bond donors (Lipinski definition) is 1. The second-order valence-corrected chi connectivity index (χ2v) is 9.17. The third kappa shape index (κ3) is 3.24. The Morgan fingerprint density at radius 3 is 2.78 bits per heavy atom. The van der Waals surface area contributed by atoms with Crippen molar-refractivity contribution in [1.82, 2.24) is 9.21 Å². The molecule has 0 saturated carbocycles. The van der Waals surface area contributed by atoms with Gasteiger partial charge in [-0.15, -0.1) is 0 Å². The first kappa shape index (κ1) is 18.4. The number of carbonyl (C=O) groups excluding carboxylic acids is 2. The fraction of sp³-hybridized carbons (Fsp3) is 0.556. The van der Waals surface area contributed by atoms with Gasteiger partial charge in [0.1, 0.15) is 4.90 Å². The fourth-order valence-corrected chi connectivity index (χ4v) is 5.56.